The van der Waals surface area contributed by atoms with Gasteiger partial charge >= 0.3 is 12.0 Å². The van der Waals surface area contributed by atoms with Gasteiger partial charge in [-0.1, -0.05) is 0 Å². The zero-order valence-electron chi connectivity index (χ0n) is 11.4. The summed E-state index contributed by atoms with van der Waals surface area (Å²) in [6.07, 6.45) is 0. The van der Waals surface area contributed by atoms with Gasteiger partial charge in [0.25, 0.3) is 0 Å². The number of urea groups is 1. The second-order valence-corrected chi connectivity index (χ2v) is 4.76. The van der Waals surface area contributed by atoms with Crippen LogP contribution in [0.15, 0.2) is 24.3 Å². The van der Waals surface area contributed by atoms with Gasteiger partial charge in [0.1, 0.15) is 5.92 Å². The van der Waals surface area contributed by atoms with E-state index in [1.807, 2.05) is 6.07 Å². The van der Waals surface area contributed by atoms with Crippen LogP contribution in [0.2, 0.25) is 0 Å². The molecular formula is C14H15N3O4. The van der Waals surface area contributed by atoms with E-state index in [0.29, 0.717) is 11.3 Å². The fourth-order valence-electron chi connectivity index (χ4n) is 2.07. The number of ether oxygens (including phenoxy) is 1. The van der Waals surface area contributed by atoms with Crippen molar-refractivity contribution in [3.63, 3.8) is 0 Å². The number of carbonyl (C=O) groups is 2. The number of carboxylic acids is 1. The van der Waals surface area contributed by atoms with Gasteiger partial charge in [-0.15, -0.1) is 0 Å². The highest BCUT2D eigenvalue weighted by Gasteiger charge is 2.35. The van der Waals surface area contributed by atoms with E-state index < -0.39 is 24.0 Å². The number of nitriles is 1. The van der Waals surface area contributed by atoms with Crippen LogP contribution >= 0.6 is 0 Å². The first-order chi connectivity index (χ1) is 10.0. The van der Waals surface area contributed by atoms with Crippen molar-refractivity contribution in [1.29, 1.82) is 5.26 Å². The molecule has 1 aromatic rings. The van der Waals surface area contributed by atoms with E-state index in [4.69, 9.17) is 15.1 Å². The summed E-state index contributed by atoms with van der Waals surface area (Å²) >= 11 is 0. The molecule has 2 atom stereocenters. The lowest BCUT2D eigenvalue weighted by atomic mass is 10.0. The number of hydrogen-bond acceptors (Lipinski definition) is 4. The molecule has 0 saturated carbocycles. The van der Waals surface area contributed by atoms with Crippen LogP contribution < -0.4 is 10.2 Å². The van der Waals surface area contributed by atoms with E-state index in [9.17, 15) is 9.59 Å². The van der Waals surface area contributed by atoms with Gasteiger partial charge in [0, 0.05) is 12.7 Å². The van der Waals surface area contributed by atoms with Crippen LogP contribution in [-0.2, 0) is 9.53 Å². The number of benzene rings is 1. The molecule has 1 fully saturated rings. The van der Waals surface area contributed by atoms with Gasteiger partial charge < -0.3 is 15.2 Å². The van der Waals surface area contributed by atoms with Crippen molar-refractivity contribution >= 4 is 17.7 Å². The first-order valence-electron chi connectivity index (χ1n) is 6.38. The topological polar surface area (TPSA) is 103 Å². The fraction of sp³-hybridized carbons (Fsp3) is 0.357. The van der Waals surface area contributed by atoms with E-state index >= 15 is 0 Å². The minimum Gasteiger partial charge on any atom is -0.481 e. The Labute approximate surface area is 121 Å². The summed E-state index contributed by atoms with van der Waals surface area (Å²) in [6, 6.07) is 7.56. The lowest BCUT2D eigenvalue weighted by molar-refractivity contribution is -0.142. The van der Waals surface area contributed by atoms with Gasteiger partial charge in [-0.3, -0.25) is 9.69 Å². The molecule has 2 amide bonds. The van der Waals surface area contributed by atoms with E-state index in [-0.39, 0.29) is 13.2 Å². The summed E-state index contributed by atoms with van der Waals surface area (Å²) in [7, 11) is 1.57. The second-order valence-electron chi connectivity index (χ2n) is 4.76. The van der Waals surface area contributed by atoms with Gasteiger partial charge in [-0.25, -0.2) is 4.79 Å². The number of anilines is 1. The second kappa shape index (κ2) is 6.24. The third-order valence-electron chi connectivity index (χ3n) is 3.39. The number of rotatable bonds is 3. The van der Waals surface area contributed by atoms with Crippen molar-refractivity contribution in [2.75, 3.05) is 25.2 Å². The Balaban J connectivity index is 2.02. The molecule has 1 aliphatic rings. The molecular weight excluding hydrogens is 274 g/mol. The number of nitrogens with zero attached hydrogens (tertiary/aromatic N) is 2. The zero-order valence-corrected chi connectivity index (χ0v) is 11.4. The van der Waals surface area contributed by atoms with Crippen LogP contribution in [0.4, 0.5) is 10.5 Å². The maximum atomic E-state index is 12.1. The molecule has 7 nitrogen and oxygen atoms in total. The van der Waals surface area contributed by atoms with Gasteiger partial charge in [0.05, 0.1) is 30.9 Å². The van der Waals surface area contributed by atoms with Crippen LogP contribution in [0.1, 0.15) is 5.56 Å². The number of amides is 2. The lowest BCUT2D eigenvalue weighted by Crippen LogP contribution is -2.47. The van der Waals surface area contributed by atoms with Gasteiger partial charge in [-0.05, 0) is 24.3 Å². The third-order valence-corrected chi connectivity index (χ3v) is 3.39. The first kappa shape index (κ1) is 14.8. The highest BCUT2D eigenvalue weighted by atomic mass is 16.5. The summed E-state index contributed by atoms with van der Waals surface area (Å²) in [4.78, 5) is 24.5. The van der Waals surface area contributed by atoms with Crippen molar-refractivity contribution in [3.8, 4) is 6.07 Å². The van der Waals surface area contributed by atoms with Crippen LogP contribution in [0.3, 0.4) is 0 Å². The van der Waals surface area contributed by atoms with Gasteiger partial charge in [0.15, 0.2) is 0 Å². The number of aliphatic carboxylic acids is 1. The van der Waals surface area contributed by atoms with Crippen molar-refractivity contribution < 1.29 is 19.4 Å². The molecule has 2 N–H and O–H groups in total. The Kier molecular flexibility index (Phi) is 4.40. The summed E-state index contributed by atoms with van der Waals surface area (Å²) in [5.41, 5.74) is 1.11. The maximum absolute atomic E-state index is 12.1. The van der Waals surface area contributed by atoms with Crippen LogP contribution in [0, 0.1) is 17.2 Å². The summed E-state index contributed by atoms with van der Waals surface area (Å²) in [6.45, 7) is 0.283. The summed E-state index contributed by atoms with van der Waals surface area (Å²) in [5, 5.41) is 20.4. The number of carbonyl (C=O) groups excluding carboxylic acids is 1. The fourth-order valence-corrected chi connectivity index (χ4v) is 2.07. The molecule has 0 aromatic heterocycles. The Morgan fingerprint density at radius 3 is 2.62 bits per heavy atom. The maximum Gasteiger partial charge on any atom is 0.321 e. The Bertz CT molecular complexity index is 579. The molecule has 7 heteroatoms. The summed E-state index contributed by atoms with van der Waals surface area (Å²) in [5.74, 6) is -1.72. The standard InChI is InChI=1S/C14H15N3O4/c1-17(10-4-2-9(6-15)3-5-10)14(20)16-12-8-21-7-11(12)13(18)19/h2-5,11-12H,7-8H2,1H3,(H,16,20)(H,18,19). The largest absolute Gasteiger partial charge is 0.481 e. The molecule has 1 aliphatic heterocycles. The average Bonchev–Trinajstić information content (AvgIpc) is 2.95. The van der Waals surface area contributed by atoms with E-state index in [1.165, 1.54) is 4.90 Å². The van der Waals surface area contributed by atoms with Crippen molar-refractivity contribution in [2.45, 2.75) is 6.04 Å². The molecule has 0 spiro atoms. The van der Waals surface area contributed by atoms with E-state index in [0.717, 1.165) is 0 Å². The zero-order chi connectivity index (χ0) is 15.4. The minimum atomic E-state index is -0.987. The Morgan fingerprint density at radius 1 is 1.38 bits per heavy atom. The number of carboxylic acid groups (broad SMARTS) is 1. The quantitative estimate of drug-likeness (QED) is 0.857. The lowest BCUT2D eigenvalue weighted by Gasteiger charge is -2.22. The molecule has 1 saturated heterocycles. The number of nitrogens with one attached hydrogen (secondary N) is 1. The monoisotopic (exact) mass is 289 g/mol. The third kappa shape index (κ3) is 3.30. The normalized spacial score (nSPS) is 20.6. The van der Waals surface area contributed by atoms with Crippen LogP contribution in [-0.4, -0.2) is 43.4 Å². The summed E-state index contributed by atoms with van der Waals surface area (Å²) < 4.78 is 5.10. The predicted molar refractivity (Wildman–Crippen MR) is 73.8 cm³/mol. The number of hydrogen-bond donors (Lipinski definition) is 2. The molecule has 0 aliphatic carbocycles. The van der Waals surface area contributed by atoms with Crippen LogP contribution in [0.25, 0.3) is 0 Å². The molecule has 110 valence electrons. The first-order valence-corrected chi connectivity index (χ1v) is 6.38. The molecule has 2 unspecified atom stereocenters. The highest BCUT2D eigenvalue weighted by molar-refractivity contribution is 5.92. The molecule has 2 rings (SSSR count). The van der Waals surface area contributed by atoms with Crippen molar-refractivity contribution in [3.05, 3.63) is 29.8 Å². The Hall–Kier alpha value is -2.59. The van der Waals surface area contributed by atoms with E-state index in [2.05, 4.69) is 5.32 Å². The van der Waals surface area contributed by atoms with Gasteiger partial charge in [0.2, 0.25) is 0 Å². The van der Waals surface area contributed by atoms with E-state index in [1.54, 1.807) is 31.3 Å². The van der Waals surface area contributed by atoms with Crippen LogP contribution in [0.5, 0.6) is 0 Å². The predicted octanol–water partition coefficient (Wildman–Crippen LogP) is 0.804. The minimum absolute atomic E-state index is 0.0981. The molecule has 0 bridgehead atoms. The van der Waals surface area contributed by atoms with Crippen molar-refractivity contribution in [2.24, 2.45) is 5.92 Å². The Morgan fingerprint density at radius 2 is 2.05 bits per heavy atom. The molecule has 1 heterocycles. The average molecular weight is 289 g/mol. The SMILES string of the molecule is CN(C(=O)NC1COCC1C(=O)O)c1ccc(C#N)cc1. The molecule has 0 radical (unpaired) electrons. The molecule has 1 aromatic carbocycles. The smallest absolute Gasteiger partial charge is 0.321 e. The molecule has 21 heavy (non-hydrogen) atoms. The highest BCUT2D eigenvalue weighted by Crippen LogP contribution is 2.17. The van der Waals surface area contributed by atoms with Crippen molar-refractivity contribution in [1.82, 2.24) is 5.32 Å². The van der Waals surface area contributed by atoms with Gasteiger partial charge in [-0.2, -0.15) is 5.26 Å².